The lowest BCUT2D eigenvalue weighted by atomic mass is 9.94. The summed E-state index contributed by atoms with van der Waals surface area (Å²) in [6.07, 6.45) is 1.12. The molecule has 16 heavy (non-hydrogen) atoms. The van der Waals surface area contributed by atoms with Crippen LogP contribution in [0.15, 0.2) is 22.7 Å². The van der Waals surface area contributed by atoms with Crippen LogP contribution in [0, 0.1) is 11.7 Å². The number of benzene rings is 1. The highest BCUT2D eigenvalue weighted by Crippen LogP contribution is 2.36. The van der Waals surface area contributed by atoms with E-state index in [2.05, 4.69) is 27.9 Å². The molecule has 1 saturated heterocycles. The molecule has 1 fully saturated rings. The third-order valence-corrected chi connectivity index (χ3v) is 3.97. The lowest BCUT2D eigenvalue weighted by molar-refractivity contribution is 0.279. The summed E-state index contributed by atoms with van der Waals surface area (Å²) < 4.78 is 13.7. The maximum absolute atomic E-state index is 13.2. The first-order valence-corrected chi connectivity index (χ1v) is 6.28. The van der Waals surface area contributed by atoms with Crippen molar-refractivity contribution >= 4 is 15.9 Å². The molecule has 2 atom stereocenters. The minimum Gasteiger partial charge on any atom is -0.330 e. The average molecular weight is 287 g/mol. The van der Waals surface area contributed by atoms with Crippen LogP contribution < -0.4 is 5.73 Å². The number of hydrogen-bond acceptors (Lipinski definition) is 2. The van der Waals surface area contributed by atoms with Gasteiger partial charge in [0.1, 0.15) is 5.82 Å². The van der Waals surface area contributed by atoms with E-state index >= 15 is 0 Å². The van der Waals surface area contributed by atoms with Crippen molar-refractivity contribution in [2.45, 2.75) is 12.5 Å². The fourth-order valence-electron chi connectivity index (χ4n) is 2.50. The first-order valence-electron chi connectivity index (χ1n) is 5.48. The van der Waals surface area contributed by atoms with Crippen LogP contribution in [-0.2, 0) is 0 Å². The minimum absolute atomic E-state index is 0.214. The number of likely N-dealkylation sites (tertiary alicyclic amines) is 1. The molecule has 1 aromatic rings. The minimum atomic E-state index is -0.214. The quantitative estimate of drug-likeness (QED) is 0.905. The van der Waals surface area contributed by atoms with E-state index in [1.54, 1.807) is 0 Å². The van der Waals surface area contributed by atoms with E-state index in [9.17, 15) is 4.39 Å². The molecule has 88 valence electrons. The summed E-state index contributed by atoms with van der Waals surface area (Å²) in [4.78, 5) is 2.29. The first kappa shape index (κ1) is 12.0. The molecule has 4 heteroatoms. The van der Waals surface area contributed by atoms with Crippen molar-refractivity contribution in [1.82, 2.24) is 4.90 Å². The van der Waals surface area contributed by atoms with Gasteiger partial charge in [0.05, 0.1) is 4.47 Å². The van der Waals surface area contributed by atoms with Crippen LogP contribution in [0.1, 0.15) is 18.0 Å². The molecule has 2 unspecified atom stereocenters. The molecule has 1 aromatic carbocycles. The van der Waals surface area contributed by atoms with Crippen LogP contribution in [0.25, 0.3) is 0 Å². The molecule has 2 N–H and O–H groups in total. The van der Waals surface area contributed by atoms with Gasteiger partial charge in [-0.3, -0.25) is 4.90 Å². The van der Waals surface area contributed by atoms with Crippen LogP contribution >= 0.6 is 15.9 Å². The van der Waals surface area contributed by atoms with Gasteiger partial charge in [-0.15, -0.1) is 0 Å². The summed E-state index contributed by atoms with van der Waals surface area (Å²) in [5.74, 6) is 0.260. The molecule has 2 rings (SSSR count). The molecular weight excluding hydrogens is 271 g/mol. The highest BCUT2D eigenvalue weighted by molar-refractivity contribution is 9.10. The third-order valence-electron chi connectivity index (χ3n) is 3.36. The summed E-state index contributed by atoms with van der Waals surface area (Å²) in [7, 11) is 2.09. The fraction of sp³-hybridized carbons (Fsp3) is 0.500. The summed E-state index contributed by atoms with van der Waals surface area (Å²) in [5.41, 5.74) is 6.92. The SMILES string of the molecule is CN1CCC(CN)C1c1ccc(F)c(Br)c1. The van der Waals surface area contributed by atoms with Gasteiger partial charge in [-0.1, -0.05) is 6.07 Å². The van der Waals surface area contributed by atoms with Gasteiger partial charge >= 0.3 is 0 Å². The Morgan fingerprint density at radius 1 is 1.56 bits per heavy atom. The van der Waals surface area contributed by atoms with Crippen molar-refractivity contribution in [3.05, 3.63) is 34.1 Å². The van der Waals surface area contributed by atoms with E-state index in [1.165, 1.54) is 6.07 Å². The topological polar surface area (TPSA) is 29.3 Å². The van der Waals surface area contributed by atoms with E-state index in [0.29, 0.717) is 23.0 Å². The average Bonchev–Trinajstić information content (AvgIpc) is 2.64. The Balaban J connectivity index is 2.31. The number of rotatable bonds is 2. The van der Waals surface area contributed by atoms with Crippen molar-refractivity contribution in [2.75, 3.05) is 20.1 Å². The molecule has 1 aliphatic heterocycles. The summed E-state index contributed by atoms with van der Waals surface area (Å²) in [6.45, 7) is 1.74. The Kier molecular flexibility index (Phi) is 3.62. The highest BCUT2D eigenvalue weighted by atomic mass is 79.9. The molecule has 0 aromatic heterocycles. The molecule has 0 bridgehead atoms. The van der Waals surface area contributed by atoms with Crippen molar-refractivity contribution in [1.29, 1.82) is 0 Å². The number of halogens is 2. The van der Waals surface area contributed by atoms with Crippen molar-refractivity contribution in [3.8, 4) is 0 Å². The lowest BCUT2D eigenvalue weighted by Gasteiger charge is -2.25. The van der Waals surface area contributed by atoms with Gasteiger partial charge in [0, 0.05) is 6.04 Å². The zero-order valence-corrected chi connectivity index (χ0v) is 10.9. The van der Waals surface area contributed by atoms with Gasteiger partial charge in [0.25, 0.3) is 0 Å². The second-order valence-electron chi connectivity index (χ2n) is 4.38. The van der Waals surface area contributed by atoms with Gasteiger partial charge in [-0.2, -0.15) is 0 Å². The number of nitrogens with two attached hydrogens (primary N) is 1. The number of hydrogen-bond donors (Lipinski definition) is 1. The number of nitrogens with zero attached hydrogens (tertiary/aromatic N) is 1. The van der Waals surface area contributed by atoms with E-state index in [1.807, 2.05) is 12.1 Å². The lowest BCUT2D eigenvalue weighted by Crippen LogP contribution is -2.25. The predicted molar refractivity (Wildman–Crippen MR) is 66.6 cm³/mol. The van der Waals surface area contributed by atoms with E-state index in [0.717, 1.165) is 18.5 Å². The Bertz CT molecular complexity index is 383. The fourth-order valence-corrected chi connectivity index (χ4v) is 2.89. The smallest absolute Gasteiger partial charge is 0.137 e. The molecular formula is C12H16BrFN2. The zero-order chi connectivity index (χ0) is 11.7. The summed E-state index contributed by atoms with van der Waals surface area (Å²) >= 11 is 3.23. The molecule has 0 amide bonds. The van der Waals surface area contributed by atoms with Crippen LogP contribution in [-0.4, -0.2) is 25.0 Å². The Morgan fingerprint density at radius 2 is 2.31 bits per heavy atom. The Morgan fingerprint density at radius 3 is 2.94 bits per heavy atom. The second-order valence-corrected chi connectivity index (χ2v) is 5.24. The first-order chi connectivity index (χ1) is 7.63. The Labute approximate surface area is 104 Å². The Hall–Kier alpha value is -0.450. The summed E-state index contributed by atoms with van der Waals surface area (Å²) in [5, 5.41) is 0. The molecule has 2 nitrogen and oxygen atoms in total. The maximum Gasteiger partial charge on any atom is 0.137 e. The van der Waals surface area contributed by atoms with Gasteiger partial charge in [0.2, 0.25) is 0 Å². The second kappa shape index (κ2) is 4.82. The largest absolute Gasteiger partial charge is 0.330 e. The summed E-state index contributed by atoms with van der Waals surface area (Å²) in [6, 6.07) is 5.56. The van der Waals surface area contributed by atoms with Gasteiger partial charge in [0.15, 0.2) is 0 Å². The maximum atomic E-state index is 13.2. The molecule has 0 saturated carbocycles. The molecule has 1 aliphatic rings. The normalized spacial score (nSPS) is 26.2. The predicted octanol–water partition coefficient (Wildman–Crippen LogP) is 2.54. The van der Waals surface area contributed by atoms with Crippen LogP contribution in [0.2, 0.25) is 0 Å². The standard InChI is InChI=1S/C12H16BrFN2/c1-16-5-4-9(7-15)12(16)8-2-3-11(14)10(13)6-8/h2-3,6,9,12H,4-5,7,15H2,1H3. The van der Waals surface area contributed by atoms with Crippen LogP contribution in [0.5, 0.6) is 0 Å². The molecule has 0 spiro atoms. The van der Waals surface area contributed by atoms with Gasteiger partial charge in [-0.05, 0) is 66.1 Å². The van der Waals surface area contributed by atoms with E-state index < -0.39 is 0 Å². The van der Waals surface area contributed by atoms with Crippen molar-refractivity contribution in [2.24, 2.45) is 11.7 Å². The third kappa shape index (κ3) is 2.14. The molecule has 1 heterocycles. The van der Waals surface area contributed by atoms with Crippen LogP contribution in [0.3, 0.4) is 0 Å². The zero-order valence-electron chi connectivity index (χ0n) is 9.29. The van der Waals surface area contributed by atoms with Crippen molar-refractivity contribution < 1.29 is 4.39 Å². The monoisotopic (exact) mass is 286 g/mol. The van der Waals surface area contributed by atoms with E-state index in [4.69, 9.17) is 5.73 Å². The molecule has 0 radical (unpaired) electrons. The highest BCUT2D eigenvalue weighted by Gasteiger charge is 2.32. The van der Waals surface area contributed by atoms with Crippen molar-refractivity contribution in [3.63, 3.8) is 0 Å². The van der Waals surface area contributed by atoms with E-state index in [-0.39, 0.29) is 5.82 Å². The van der Waals surface area contributed by atoms with Gasteiger partial charge in [-0.25, -0.2) is 4.39 Å². The van der Waals surface area contributed by atoms with Crippen LogP contribution in [0.4, 0.5) is 4.39 Å². The molecule has 0 aliphatic carbocycles. The van der Waals surface area contributed by atoms with Gasteiger partial charge < -0.3 is 5.73 Å².